The van der Waals surface area contributed by atoms with E-state index in [1.54, 1.807) is 0 Å². The van der Waals surface area contributed by atoms with Crippen molar-refractivity contribution in [2.75, 3.05) is 0 Å². The van der Waals surface area contributed by atoms with Gasteiger partial charge >= 0.3 is 6.41 Å². The summed E-state index contributed by atoms with van der Waals surface area (Å²) in [6.45, 7) is 2.16. The average Bonchev–Trinajstić information content (AvgIpc) is 2.39. The second kappa shape index (κ2) is 3.74. The smallest absolute Gasteiger partial charge is 0.309 e. The molecule has 0 aromatic rings. The van der Waals surface area contributed by atoms with Crippen LogP contribution in [0, 0.1) is 0 Å². The van der Waals surface area contributed by atoms with Crippen LogP contribution in [0.5, 0.6) is 0 Å². The molecule has 1 aliphatic rings. The number of carbonyl (C=O) groups excluding carboxylic acids is 1. The Balaban J connectivity index is 2.46. The molecule has 11 heavy (non-hydrogen) atoms. The van der Waals surface area contributed by atoms with Gasteiger partial charge in [0, 0.05) is 5.54 Å². The summed E-state index contributed by atoms with van der Waals surface area (Å²) in [5, 5.41) is 2.85. The highest BCUT2D eigenvalue weighted by Crippen LogP contribution is 2.32. The van der Waals surface area contributed by atoms with Gasteiger partial charge in [0.05, 0.1) is 0 Å². The van der Waals surface area contributed by atoms with E-state index >= 15 is 0 Å². The SMILES string of the molecule is CCCC1(N[C]=O)CCCC1. The molecule has 0 aromatic heterocycles. The van der Waals surface area contributed by atoms with Crippen LogP contribution in [0.1, 0.15) is 45.4 Å². The predicted octanol–water partition coefficient (Wildman–Crippen LogP) is 1.76. The summed E-state index contributed by atoms with van der Waals surface area (Å²) in [7, 11) is 0. The molecule has 0 aromatic carbocycles. The molecule has 0 spiro atoms. The van der Waals surface area contributed by atoms with Crippen molar-refractivity contribution in [3.63, 3.8) is 0 Å². The van der Waals surface area contributed by atoms with Crippen LogP contribution in [0.3, 0.4) is 0 Å². The van der Waals surface area contributed by atoms with Crippen LogP contribution in [0.25, 0.3) is 0 Å². The summed E-state index contributed by atoms with van der Waals surface area (Å²) in [6.07, 6.45) is 8.91. The first-order chi connectivity index (χ1) is 5.33. The highest BCUT2D eigenvalue weighted by molar-refractivity contribution is 5.49. The third kappa shape index (κ3) is 1.95. The Kier molecular flexibility index (Phi) is 2.92. The van der Waals surface area contributed by atoms with Gasteiger partial charge in [0.15, 0.2) is 0 Å². The molecule has 0 bridgehead atoms. The topological polar surface area (TPSA) is 29.1 Å². The van der Waals surface area contributed by atoms with Crippen LogP contribution in [0.2, 0.25) is 0 Å². The maximum absolute atomic E-state index is 10.2. The Hall–Kier alpha value is -0.530. The molecule has 1 radical (unpaired) electrons. The van der Waals surface area contributed by atoms with Gasteiger partial charge in [-0.05, 0) is 19.3 Å². The second-order valence-electron chi connectivity index (χ2n) is 3.46. The van der Waals surface area contributed by atoms with E-state index in [9.17, 15) is 4.79 Å². The molecule has 1 N–H and O–H groups in total. The van der Waals surface area contributed by atoms with Crippen molar-refractivity contribution < 1.29 is 4.79 Å². The van der Waals surface area contributed by atoms with Gasteiger partial charge in [-0.15, -0.1) is 0 Å². The van der Waals surface area contributed by atoms with Crippen LogP contribution in [-0.2, 0) is 4.79 Å². The monoisotopic (exact) mass is 154 g/mol. The molecule has 2 heteroatoms. The number of hydrogen-bond acceptors (Lipinski definition) is 1. The van der Waals surface area contributed by atoms with Crippen molar-refractivity contribution in [1.29, 1.82) is 0 Å². The van der Waals surface area contributed by atoms with Gasteiger partial charge in [0.2, 0.25) is 0 Å². The van der Waals surface area contributed by atoms with Crippen LogP contribution in [-0.4, -0.2) is 11.9 Å². The van der Waals surface area contributed by atoms with E-state index in [1.165, 1.54) is 12.8 Å². The van der Waals surface area contributed by atoms with Gasteiger partial charge in [0.1, 0.15) is 0 Å². The Labute approximate surface area is 68.4 Å². The summed E-state index contributed by atoms with van der Waals surface area (Å²) in [5.74, 6) is 0. The fourth-order valence-electron chi connectivity index (χ4n) is 2.08. The zero-order chi connectivity index (χ0) is 8.16. The van der Waals surface area contributed by atoms with Crippen LogP contribution in [0.4, 0.5) is 0 Å². The van der Waals surface area contributed by atoms with Gasteiger partial charge in [-0.1, -0.05) is 26.2 Å². The summed E-state index contributed by atoms with van der Waals surface area (Å²) in [5.41, 5.74) is 0.122. The minimum absolute atomic E-state index is 0.122. The van der Waals surface area contributed by atoms with E-state index < -0.39 is 0 Å². The molecule has 1 rings (SSSR count). The van der Waals surface area contributed by atoms with Gasteiger partial charge in [-0.25, -0.2) is 0 Å². The van der Waals surface area contributed by atoms with Crippen molar-refractivity contribution in [2.24, 2.45) is 0 Å². The fourth-order valence-corrected chi connectivity index (χ4v) is 2.08. The number of nitrogens with one attached hydrogen (secondary N) is 1. The van der Waals surface area contributed by atoms with Gasteiger partial charge in [-0.2, -0.15) is 0 Å². The lowest BCUT2D eigenvalue weighted by Crippen LogP contribution is -2.41. The standard InChI is InChI=1S/C9H16NO/c1-2-5-9(10-8-11)6-3-4-7-9/h2-7H2,1H3,(H,10,11). The van der Waals surface area contributed by atoms with Crippen LogP contribution in [0.15, 0.2) is 0 Å². The lowest BCUT2D eigenvalue weighted by Gasteiger charge is -2.27. The van der Waals surface area contributed by atoms with Crippen LogP contribution < -0.4 is 5.32 Å². The van der Waals surface area contributed by atoms with E-state index in [4.69, 9.17) is 0 Å². The fraction of sp³-hybridized carbons (Fsp3) is 0.889. The van der Waals surface area contributed by atoms with Gasteiger partial charge in [-0.3, -0.25) is 4.79 Å². The first-order valence-electron chi connectivity index (χ1n) is 4.47. The molecule has 0 unspecified atom stereocenters. The third-order valence-corrected chi connectivity index (χ3v) is 2.61. The molecule has 1 aliphatic carbocycles. The van der Waals surface area contributed by atoms with E-state index in [2.05, 4.69) is 12.2 Å². The van der Waals surface area contributed by atoms with Crippen molar-refractivity contribution >= 4 is 6.41 Å². The molecule has 1 saturated carbocycles. The molecule has 0 aliphatic heterocycles. The first-order valence-corrected chi connectivity index (χ1v) is 4.47. The largest absolute Gasteiger partial charge is 0.342 e. The third-order valence-electron chi connectivity index (χ3n) is 2.61. The molecule has 0 saturated heterocycles. The molecular weight excluding hydrogens is 138 g/mol. The number of rotatable bonds is 4. The van der Waals surface area contributed by atoms with Crippen molar-refractivity contribution in [2.45, 2.75) is 51.0 Å². The maximum atomic E-state index is 10.2. The quantitative estimate of drug-likeness (QED) is 0.614. The van der Waals surface area contributed by atoms with Crippen molar-refractivity contribution in [3.05, 3.63) is 0 Å². The second-order valence-corrected chi connectivity index (χ2v) is 3.46. The normalized spacial score (nSPS) is 21.5. The molecule has 2 nitrogen and oxygen atoms in total. The van der Waals surface area contributed by atoms with E-state index in [1.807, 2.05) is 6.41 Å². The molecular formula is C9H16NO. The Morgan fingerprint density at radius 2 is 2.09 bits per heavy atom. The van der Waals surface area contributed by atoms with Crippen molar-refractivity contribution in [1.82, 2.24) is 5.32 Å². The van der Waals surface area contributed by atoms with Gasteiger partial charge in [0.25, 0.3) is 0 Å². The highest BCUT2D eigenvalue weighted by Gasteiger charge is 2.32. The molecule has 63 valence electrons. The zero-order valence-corrected chi connectivity index (χ0v) is 7.15. The lowest BCUT2D eigenvalue weighted by molar-refractivity contribution is 0.347. The van der Waals surface area contributed by atoms with Crippen molar-refractivity contribution in [3.8, 4) is 0 Å². The summed E-state index contributed by atoms with van der Waals surface area (Å²) in [6, 6.07) is 0. The Morgan fingerprint density at radius 3 is 2.55 bits per heavy atom. The molecule has 1 fully saturated rings. The Morgan fingerprint density at radius 1 is 1.45 bits per heavy atom. The van der Waals surface area contributed by atoms with E-state index in [-0.39, 0.29) is 5.54 Å². The molecule has 0 heterocycles. The highest BCUT2D eigenvalue weighted by atomic mass is 16.1. The van der Waals surface area contributed by atoms with E-state index in [0.717, 1.165) is 25.7 Å². The summed E-state index contributed by atoms with van der Waals surface area (Å²) < 4.78 is 0. The zero-order valence-electron chi connectivity index (χ0n) is 7.15. The van der Waals surface area contributed by atoms with E-state index in [0.29, 0.717) is 0 Å². The summed E-state index contributed by atoms with van der Waals surface area (Å²) in [4.78, 5) is 10.2. The average molecular weight is 154 g/mol. The van der Waals surface area contributed by atoms with Crippen LogP contribution >= 0.6 is 0 Å². The molecule has 1 amide bonds. The predicted molar refractivity (Wildman–Crippen MR) is 44.9 cm³/mol. The lowest BCUT2D eigenvalue weighted by atomic mass is 9.92. The number of amides is 1. The Bertz CT molecular complexity index is 128. The maximum Gasteiger partial charge on any atom is 0.309 e. The first kappa shape index (κ1) is 8.57. The van der Waals surface area contributed by atoms with Gasteiger partial charge < -0.3 is 5.32 Å². The minimum atomic E-state index is 0.122. The summed E-state index contributed by atoms with van der Waals surface area (Å²) >= 11 is 0. The number of hydrogen-bond donors (Lipinski definition) is 1. The minimum Gasteiger partial charge on any atom is -0.342 e. The molecule has 0 atom stereocenters.